The third-order valence-corrected chi connectivity index (χ3v) is 5.34. The van der Waals surface area contributed by atoms with Gasteiger partial charge in [0.05, 0.1) is 0 Å². The highest BCUT2D eigenvalue weighted by molar-refractivity contribution is 9.10. The summed E-state index contributed by atoms with van der Waals surface area (Å²) in [5, 5.41) is 3.58. The first kappa shape index (κ1) is 15.3. The van der Waals surface area contributed by atoms with Crippen LogP contribution in [-0.2, 0) is 6.54 Å². The molecule has 0 atom stereocenters. The van der Waals surface area contributed by atoms with Crippen molar-refractivity contribution in [2.45, 2.75) is 45.3 Å². The topological polar surface area (TPSA) is 18.5 Å². The van der Waals surface area contributed by atoms with Gasteiger partial charge in [-0.2, -0.15) is 0 Å². The predicted octanol–water partition coefficient (Wildman–Crippen LogP) is 3.23. The number of halogens is 1. The molecule has 116 valence electrons. The van der Waals surface area contributed by atoms with Gasteiger partial charge < -0.3 is 10.2 Å². The second kappa shape index (κ2) is 6.67. The van der Waals surface area contributed by atoms with Crippen LogP contribution < -0.4 is 10.2 Å². The summed E-state index contributed by atoms with van der Waals surface area (Å²) in [4.78, 5) is 5.06. The Morgan fingerprint density at radius 2 is 1.90 bits per heavy atom. The molecule has 0 radical (unpaired) electrons. The quantitative estimate of drug-likeness (QED) is 0.878. The molecule has 1 aromatic carbocycles. The first-order valence-corrected chi connectivity index (χ1v) is 8.93. The van der Waals surface area contributed by atoms with Gasteiger partial charge in [-0.1, -0.05) is 22.0 Å². The number of anilines is 1. The van der Waals surface area contributed by atoms with Gasteiger partial charge >= 0.3 is 0 Å². The maximum absolute atomic E-state index is 3.74. The van der Waals surface area contributed by atoms with E-state index < -0.39 is 0 Å². The minimum atomic E-state index is 0.662. The van der Waals surface area contributed by atoms with Crippen LogP contribution in [0.25, 0.3) is 0 Å². The lowest BCUT2D eigenvalue weighted by atomic mass is 10.1. The van der Waals surface area contributed by atoms with Crippen LogP contribution in [0.1, 0.15) is 32.3 Å². The van der Waals surface area contributed by atoms with E-state index >= 15 is 0 Å². The predicted molar refractivity (Wildman–Crippen MR) is 92.9 cm³/mol. The van der Waals surface area contributed by atoms with Crippen molar-refractivity contribution >= 4 is 21.6 Å². The Morgan fingerprint density at radius 3 is 2.48 bits per heavy atom. The molecule has 1 saturated carbocycles. The van der Waals surface area contributed by atoms with Crippen LogP contribution in [0.4, 0.5) is 5.69 Å². The molecule has 1 heterocycles. The van der Waals surface area contributed by atoms with Crippen molar-refractivity contribution in [3.05, 3.63) is 28.2 Å². The molecule has 1 aliphatic carbocycles. The highest BCUT2D eigenvalue weighted by atomic mass is 79.9. The maximum atomic E-state index is 3.74. The molecule has 1 aromatic rings. The number of nitrogens with zero attached hydrogens (tertiary/aromatic N) is 2. The Bertz CT molecular complexity index is 477. The van der Waals surface area contributed by atoms with Crippen molar-refractivity contribution in [3.8, 4) is 0 Å². The molecule has 0 amide bonds. The minimum absolute atomic E-state index is 0.662. The van der Waals surface area contributed by atoms with Crippen molar-refractivity contribution in [1.29, 1.82) is 0 Å². The van der Waals surface area contributed by atoms with Crippen molar-refractivity contribution in [2.24, 2.45) is 0 Å². The molecule has 1 saturated heterocycles. The van der Waals surface area contributed by atoms with Gasteiger partial charge in [-0.15, -0.1) is 0 Å². The Labute approximate surface area is 136 Å². The van der Waals surface area contributed by atoms with Crippen molar-refractivity contribution in [1.82, 2.24) is 10.2 Å². The summed E-state index contributed by atoms with van der Waals surface area (Å²) >= 11 is 3.74. The van der Waals surface area contributed by atoms with Gasteiger partial charge in [0.15, 0.2) is 0 Å². The van der Waals surface area contributed by atoms with E-state index in [9.17, 15) is 0 Å². The fourth-order valence-corrected chi connectivity index (χ4v) is 3.42. The molecule has 1 N–H and O–H groups in total. The Balaban J connectivity index is 1.59. The SMILES string of the molecule is CC(C)N1CCN(c2ccc(CNC3CC3)c(Br)c2)CC1. The van der Waals surface area contributed by atoms with E-state index in [4.69, 9.17) is 0 Å². The Hall–Kier alpha value is -0.580. The van der Waals surface area contributed by atoms with Crippen LogP contribution in [0, 0.1) is 0 Å². The third-order valence-electron chi connectivity index (χ3n) is 4.60. The first-order valence-electron chi connectivity index (χ1n) is 8.14. The lowest BCUT2D eigenvalue weighted by Crippen LogP contribution is -2.48. The van der Waals surface area contributed by atoms with Crippen LogP contribution in [0.3, 0.4) is 0 Å². The Morgan fingerprint density at radius 1 is 1.19 bits per heavy atom. The molecule has 2 aliphatic rings. The molecule has 0 unspecified atom stereocenters. The second-order valence-corrected chi connectivity index (χ2v) is 7.40. The van der Waals surface area contributed by atoms with E-state index in [0.717, 1.165) is 25.7 Å². The second-order valence-electron chi connectivity index (χ2n) is 6.55. The molecule has 21 heavy (non-hydrogen) atoms. The fraction of sp³-hybridized carbons (Fsp3) is 0.647. The number of hydrogen-bond donors (Lipinski definition) is 1. The average molecular weight is 352 g/mol. The molecule has 2 fully saturated rings. The summed E-state index contributed by atoms with van der Waals surface area (Å²) in [7, 11) is 0. The summed E-state index contributed by atoms with van der Waals surface area (Å²) in [6.45, 7) is 10.1. The van der Waals surface area contributed by atoms with E-state index in [1.165, 1.54) is 41.7 Å². The summed E-state index contributed by atoms with van der Waals surface area (Å²) in [5.74, 6) is 0. The Kier molecular flexibility index (Phi) is 4.87. The molecule has 0 spiro atoms. The average Bonchev–Trinajstić information content (AvgIpc) is 3.30. The van der Waals surface area contributed by atoms with Gasteiger partial charge in [0.2, 0.25) is 0 Å². The highest BCUT2D eigenvalue weighted by Gasteiger charge is 2.21. The summed E-state index contributed by atoms with van der Waals surface area (Å²) in [6, 6.07) is 8.26. The zero-order chi connectivity index (χ0) is 14.8. The summed E-state index contributed by atoms with van der Waals surface area (Å²) in [6.07, 6.45) is 2.69. The van der Waals surface area contributed by atoms with Crippen LogP contribution in [0.5, 0.6) is 0 Å². The molecular formula is C17H26BrN3. The van der Waals surface area contributed by atoms with Crippen molar-refractivity contribution in [3.63, 3.8) is 0 Å². The number of benzene rings is 1. The number of hydrogen-bond acceptors (Lipinski definition) is 3. The van der Waals surface area contributed by atoms with Crippen LogP contribution in [0.2, 0.25) is 0 Å². The van der Waals surface area contributed by atoms with Crippen LogP contribution >= 0.6 is 15.9 Å². The number of rotatable bonds is 5. The van der Waals surface area contributed by atoms with E-state index in [1.807, 2.05) is 0 Å². The highest BCUT2D eigenvalue weighted by Crippen LogP contribution is 2.26. The monoisotopic (exact) mass is 351 g/mol. The minimum Gasteiger partial charge on any atom is -0.369 e. The normalized spacial score (nSPS) is 20.3. The molecule has 3 nitrogen and oxygen atoms in total. The number of nitrogens with one attached hydrogen (secondary N) is 1. The van der Waals surface area contributed by atoms with E-state index in [0.29, 0.717) is 6.04 Å². The van der Waals surface area contributed by atoms with Gasteiger partial charge in [-0.25, -0.2) is 0 Å². The summed E-state index contributed by atoms with van der Waals surface area (Å²) < 4.78 is 1.24. The molecule has 1 aliphatic heterocycles. The van der Waals surface area contributed by atoms with Gasteiger partial charge in [-0.05, 0) is 44.4 Å². The zero-order valence-corrected chi connectivity index (χ0v) is 14.7. The lowest BCUT2D eigenvalue weighted by Gasteiger charge is -2.38. The van der Waals surface area contributed by atoms with Gasteiger partial charge in [0.1, 0.15) is 0 Å². The van der Waals surface area contributed by atoms with Crippen molar-refractivity contribution in [2.75, 3.05) is 31.1 Å². The largest absolute Gasteiger partial charge is 0.369 e. The molecule has 4 heteroatoms. The molecular weight excluding hydrogens is 326 g/mol. The van der Waals surface area contributed by atoms with Gasteiger partial charge in [0, 0.05) is 55.0 Å². The van der Waals surface area contributed by atoms with E-state index in [-0.39, 0.29) is 0 Å². The third kappa shape index (κ3) is 3.99. The number of piperazine rings is 1. The van der Waals surface area contributed by atoms with Crippen LogP contribution in [0.15, 0.2) is 22.7 Å². The van der Waals surface area contributed by atoms with Gasteiger partial charge in [0.25, 0.3) is 0 Å². The van der Waals surface area contributed by atoms with E-state index in [2.05, 4.69) is 63.1 Å². The standard InChI is InChI=1S/C17H26BrN3/c1-13(2)20-7-9-21(10-8-20)16-6-3-14(17(18)11-16)12-19-15-4-5-15/h3,6,11,13,15,19H,4-5,7-10,12H2,1-2H3. The molecule has 0 bridgehead atoms. The molecule has 3 rings (SSSR count). The maximum Gasteiger partial charge on any atom is 0.0378 e. The smallest absolute Gasteiger partial charge is 0.0378 e. The van der Waals surface area contributed by atoms with Crippen LogP contribution in [-0.4, -0.2) is 43.2 Å². The van der Waals surface area contributed by atoms with Gasteiger partial charge in [-0.3, -0.25) is 4.90 Å². The van der Waals surface area contributed by atoms with E-state index in [1.54, 1.807) is 0 Å². The zero-order valence-electron chi connectivity index (χ0n) is 13.1. The first-order chi connectivity index (χ1) is 10.1. The van der Waals surface area contributed by atoms with Crippen molar-refractivity contribution < 1.29 is 0 Å². The fourth-order valence-electron chi connectivity index (χ4n) is 2.91. The summed E-state index contributed by atoms with van der Waals surface area (Å²) in [5.41, 5.74) is 2.71. The molecule has 0 aromatic heterocycles. The lowest BCUT2D eigenvalue weighted by molar-refractivity contribution is 0.209.